The number of hydrogen-bond acceptors (Lipinski definition) is 4. The van der Waals surface area contributed by atoms with Crippen molar-refractivity contribution in [2.24, 2.45) is 11.8 Å². The van der Waals surface area contributed by atoms with Gasteiger partial charge in [0, 0.05) is 30.4 Å². The first-order chi connectivity index (χ1) is 12.2. The number of thiocarbonyl (C=S) groups is 1. The number of fused-ring (bicyclic) bond motifs is 2. The lowest BCUT2D eigenvalue weighted by Crippen LogP contribution is -2.56. The van der Waals surface area contributed by atoms with Crippen molar-refractivity contribution in [3.05, 3.63) is 46.8 Å². The van der Waals surface area contributed by atoms with Gasteiger partial charge in [-0.25, -0.2) is 5.10 Å². The van der Waals surface area contributed by atoms with E-state index in [0.29, 0.717) is 23.2 Å². The van der Waals surface area contributed by atoms with Crippen LogP contribution >= 0.6 is 12.2 Å². The minimum absolute atomic E-state index is 0.168. The largest absolute Gasteiger partial charge is 0.368 e. The molecule has 7 heteroatoms. The van der Waals surface area contributed by atoms with Crippen LogP contribution in [-0.2, 0) is 0 Å². The van der Waals surface area contributed by atoms with E-state index >= 15 is 0 Å². The van der Waals surface area contributed by atoms with Gasteiger partial charge < -0.3 is 16.0 Å². The van der Waals surface area contributed by atoms with Crippen molar-refractivity contribution < 1.29 is 0 Å². The van der Waals surface area contributed by atoms with Crippen LogP contribution in [0.3, 0.4) is 0 Å². The van der Waals surface area contributed by atoms with Gasteiger partial charge in [-0.15, -0.1) is 0 Å². The number of nitrogens with one attached hydrogen (secondary N) is 4. The molecule has 2 aromatic rings. The lowest BCUT2D eigenvalue weighted by atomic mass is 9.62. The fourth-order valence-corrected chi connectivity index (χ4v) is 3.69. The maximum absolute atomic E-state index is 11.8. The van der Waals surface area contributed by atoms with E-state index in [1.165, 1.54) is 6.42 Å². The van der Waals surface area contributed by atoms with Crippen LogP contribution in [0.5, 0.6) is 0 Å². The molecule has 1 aromatic carbocycles. The molecule has 0 spiro atoms. The van der Waals surface area contributed by atoms with E-state index in [0.717, 1.165) is 35.9 Å². The zero-order valence-electron chi connectivity index (χ0n) is 13.8. The number of aromatic nitrogens is 2. The third-order valence-electron chi connectivity index (χ3n) is 5.01. The van der Waals surface area contributed by atoms with Gasteiger partial charge in [0.05, 0.1) is 5.39 Å². The van der Waals surface area contributed by atoms with Crippen molar-refractivity contribution in [1.82, 2.24) is 20.8 Å². The van der Waals surface area contributed by atoms with Crippen LogP contribution in [0.4, 0.5) is 5.82 Å². The van der Waals surface area contributed by atoms with Crippen LogP contribution in [0.2, 0.25) is 0 Å². The highest BCUT2D eigenvalue weighted by Crippen LogP contribution is 2.43. The molecule has 1 fully saturated rings. The van der Waals surface area contributed by atoms with Crippen LogP contribution in [0.1, 0.15) is 12.8 Å². The Labute approximate surface area is 151 Å². The van der Waals surface area contributed by atoms with Gasteiger partial charge in [-0.1, -0.05) is 30.4 Å². The third-order valence-corrected chi connectivity index (χ3v) is 5.27. The number of H-pyrrole nitrogens is 1. The van der Waals surface area contributed by atoms with Crippen LogP contribution in [0, 0.1) is 11.8 Å². The Balaban J connectivity index is 1.21. The highest BCUT2D eigenvalue weighted by Gasteiger charge is 2.42. The molecule has 4 rings (SSSR count). The molecule has 0 radical (unpaired) electrons. The Morgan fingerprint density at radius 3 is 2.80 bits per heavy atom. The molecule has 0 aliphatic heterocycles. The van der Waals surface area contributed by atoms with Crippen LogP contribution in [0.15, 0.2) is 41.2 Å². The molecule has 4 N–H and O–H groups in total. The van der Waals surface area contributed by atoms with Crippen molar-refractivity contribution in [3.63, 3.8) is 0 Å². The average molecular weight is 355 g/mol. The van der Waals surface area contributed by atoms with Gasteiger partial charge in [-0.3, -0.25) is 4.79 Å². The van der Waals surface area contributed by atoms with E-state index in [1.54, 1.807) is 6.07 Å². The minimum Gasteiger partial charge on any atom is -0.368 e. The normalized spacial score (nSPS) is 23.3. The molecule has 6 nitrogen and oxygen atoms in total. The quantitative estimate of drug-likeness (QED) is 0.359. The summed E-state index contributed by atoms with van der Waals surface area (Å²) in [5.74, 6) is 2.17. The van der Waals surface area contributed by atoms with Crippen molar-refractivity contribution in [3.8, 4) is 0 Å². The predicted octanol–water partition coefficient (Wildman–Crippen LogP) is 1.76. The van der Waals surface area contributed by atoms with Gasteiger partial charge in [0.15, 0.2) is 10.9 Å². The molecule has 0 bridgehead atoms. The van der Waals surface area contributed by atoms with E-state index in [4.69, 9.17) is 12.2 Å². The molecular weight excluding hydrogens is 334 g/mol. The highest BCUT2D eigenvalue weighted by molar-refractivity contribution is 7.80. The van der Waals surface area contributed by atoms with Gasteiger partial charge in [-0.05, 0) is 37.0 Å². The number of hydrogen-bond donors (Lipinski definition) is 4. The summed E-state index contributed by atoms with van der Waals surface area (Å²) < 4.78 is 0. The Bertz CT molecular complexity index is 877. The Morgan fingerprint density at radius 2 is 2.08 bits per heavy atom. The van der Waals surface area contributed by atoms with Crippen LogP contribution in [0.25, 0.3) is 10.8 Å². The Kier molecular flexibility index (Phi) is 4.40. The Hall–Kier alpha value is -2.41. The topological polar surface area (TPSA) is 81.8 Å². The summed E-state index contributed by atoms with van der Waals surface area (Å²) in [6.45, 7) is 1.53. The summed E-state index contributed by atoms with van der Waals surface area (Å²) >= 11 is 5.35. The second-order valence-electron chi connectivity index (χ2n) is 6.60. The summed E-state index contributed by atoms with van der Waals surface area (Å²) in [4.78, 5) is 11.8. The van der Waals surface area contributed by atoms with Crippen LogP contribution < -0.4 is 21.5 Å². The van der Waals surface area contributed by atoms with E-state index < -0.39 is 0 Å². The van der Waals surface area contributed by atoms with Crippen molar-refractivity contribution in [2.45, 2.75) is 18.9 Å². The molecule has 2 aliphatic carbocycles. The van der Waals surface area contributed by atoms with Gasteiger partial charge in [0.25, 0.3) is 5.56 Å². The first-order valence-electron chi connectivity index (χ1n) is 8.66. The first-order valence-corrected chi connectivity index (χ1v) is 9.07. The molecule has 1 heterocycles. The number of rotatable bonds is 6. The van der Waals surface area contributed by atoms with Gasteiger partial charge >= 0.3 is 0 Å². The molecule has 1 unspecified atom stereocenters. The minimum atomic E-state index is -0.168. The number of aromatic amines is 1. The number of nitrogens with zero attached hydrogens (tertiary/aromatic N) is 1. The molecule has 25 heavy (non-hydrogen) atoms. The third kappa shape index (κ3) is 3.24. The van der Waals surface area contributed by atoms with Gasteiger partial charge in [0.1, 0.15) is 0 Å². The number of benzene rings is 1. The SMILES string of the molecule is O=c1[nH]nc(NCCCNC(=S)NC2C[C@H]3C=C[C@@H]23)c2ccccc12. The number of anilines is 1. The molecular formula is C18H21N5OS. The standard InChI is InChI=1S/C18H21N5OS/c24-17-14-5-2-1-4-13(14)16(22-23-17)19-8-3-9-20-18(25)21-15-10-11-6-7-12(11)15/h1-2,4-7,11-12,15H,3,8-10H2,(H,19,22)(H,23,24)(H2,20,21,25)/t11-,12-,15?/m1/s1. The van der Waals surface area contributed by atoms with Crippen molar-refractivity contribution in [1.29, 1.82) is 0 Å². The summed E-state index contributed by atoms with van der Waals surface area (Å²) in [6.07, 6.45) is 6.63. The second-order valence-corrected chi connectivity index (χ2v) is 7.00. The lowest BCUT2D eigenvalue weighted by Gasteiger charge is -2.48. The lowest BCUT2D eigenvalue weighted by molar-refractivity contribution is 0.179. The van der Waals surface area contributed by atoms with Gasteiger partial charge in [0.2, 0.25) is 0 Å². The number of allylic oxidation sites excluding steroid dienone is 1. The maximum atomic E-state index is 11.8. The fraction of sp³-hybridized carbons (Fsp3) is 0.389. The highest BCUT2D eigenvalue weighted by atomic mass is 32.1. The Morgan fingerprint density at radius 1 is 1.24 bits per heavy atom. The molecule has 3 atom stereocenters. The van der Waals surface area contributed by atoms with Gasteiger partial charge in [-0.2, -0.15) is 5.10 Å². The van der Waals surface area contributed by atoms with E-state index in [1.807, 2.05) is 18.2 Å². The fourth-order valence-electron chi connectivity index (χ4n) is 3.44. The predicted molar refractivity (Wildman–Crippen MR) is 104 cm³/mol. The zero-order chi connectivity index (χ0) is 17.2. The van der Waals surface area contributed by atoms with Crippen LogP contribution in [-0.4, -0.2) is 34.4 Å². The molecule has 0 amide bonds. The summed E-state index contributed by atoms with van der Waals surface area (Å²) in [5.41, 5.74) is -0.168. The summed E-state index contributed by atoms with van der Waals surface area (Å²) in [6, 6.07) is 7.96. The summed E-state index contributed by atoms with van der Waals surface area (Å²) in [5, 5.41) is 18.8. The first kappa shape index (κ1) is 16.1. The average Bonchev–Trinajstić information content (AvgIpc) is 2.60. The van der Waals surface area contributed by atoms with E-state index in [9.17, 15) is 4.79 Å². The van der Waals surface area contributed by atoms with Crippen molar-refractivity contribution >= 4 is 33.9 Å². The molecule has 2 aliphatic rings. The zero-order valence-corrected chi connectivity index (χ0v) is 14.6. The van der Waals surface area contributed by atoms with E-state index in [2.05, 4.69) is 38.3 Å². The second kappa shape index (κ2) is 6.84. The summed E-state index contributed by atoms with van der Waals surface area (Å²) in [7, 11) is 0. The molecule has 130 valence electrons. The van der Waals surface area contributed by atoms with E-state index in [-0.39, 0.29) is 5.56 Å². The maximum Gasteiger partial charge on any atom is 0.272 e. The smallest absolute Gasteiger partial charge is 0.272 e. The molecule has 1 aromatic heterocycles. The monoisotopic (exact) mass is 355 g/mol. The molecule has 1 saturated carbocycles. The van der Waals surface area contributed by atoms with Crippen molar-refractivity contribution in [2.75, 3.05) is 18.4 Å². The molecule has 0 saturated heterocycles.